The summed E-state index contributed by atoms with van der Waals surface area (Å²) < 4.78 is 16.9. The van der Waals surface area contributed by atoms with Crippen LogP contribution in [0.3, 0.4) is 0 Å². The molecular weight excluding hydrogens is 444 g/mol. The zero-order valence-electron chi connectivity index (χ0n) is 19.9. The van der Waals surface area contributed by atoms with Gasteiger partial charge in [0, 0.05) is 17.8 Å². The van der Waals surface area contributed by atoms with Gasteiger partial charge in [-0.05, 0) is 49.6 Å². The fraction of sp³-hybridized carbons (Fsp3) is 0.357. The van der Waals surface area contributed by atoms with Gasteiger partial charge in [0.25, 0.3) is 5.91 Å². The minimum absolute atomic E-state index is 0.102. The first-order valence-corrected chi connectivity index (χ1v) is 12.2. The third kappa shape index (κ3) is 5.04. The summed E-state index contributed by atoms with van der Waals surface area (Å²) in [6.07, 6.45) is 6.73. The molecule has 2 aromatic carbocycles. The lowest BCUT2D eigenvalue weighted by atomic mass is 9.94. The first-order chi connectivity index (χ1) is 17.1. The van der Waals surface area contributed by atoms with Gasteiger partial charge in [-0.2, -0.15) is 0 Å². The number of furan rings is 1. The van der Waals surface area contributed by atoms with E-state index in [1.807, 2.05) is 31.2 Å². The number of anilines is 1. The second kappa shape index (κ2) is 10.3. The zero-order chi connectivity index (χ0) is 24.2. The van der Waals surface area contributed by atoms with Gasteiger partial charge >= 0.3 is 0 Å². The first kappa shape index (κ1) is 23.0. The average molecular weight is 475 g/mol. The molecule has 7 nitrogen and oxygen atoms in total. The van der Waals surface area contributed by atoms with Crippen LogP contribution in [0.4, 0.5) is 5.69 Å². The Morgan fingerprint density at radius 3 is 2.40 bits per heavy atom. The van der Waals surface area contributed by atoms with Crippen LogP contribution in [0.2, 0.25) is 0 Å². The van der Waals surface area contributed by atoms with Crippen LogP contribution in [0, 0.1) is 6.92 Å². The fourth-order valence-electron chi connectivity index (χ4n) is 4.78. The van der Waals surface area contributed by atoms with E-state index < -0.39 is 11.9 Å². The largest absolute Gasteiger partial charge is 0.486 e. The summed E-state index contributed by atoms with van der Waals surface area (Å²) in [5.41, 5.74) is 2.32. The van der Waals surface area contributed by atoms with Gasteiger partial charge in [-0.25, -0.2) is 0 Å². The van der Waals surface area contributed by atoms with Gasteiger partial charge in [-0.15, -0.1) is 0 Å². The van der Waals surface area contributed by atoms with E-state index in [0.29, 0.717) is 30.4 Å². The number of aryl methyl sites for hydroxylation is 1. The van der Waals surface area contributed by atoms with Crippen molar-refractivity contribution in [1.29, 1.82) is 0 Å². The molecule has 1 atom stereocenters. The fourth-order valence-corrected chi connectivity index (χ4v) is 4.78. The lowest BCUT2D eigenvalue weighted by molar-refractivity contribution is -0.123. The van der Waals surface area contributed by atoms with Crippen molar-refractivity contribution in [3.63, 3.8) is 0 Å². The van der Waals surface area contributed by atoms with Gasteiger partial charge in [0.05, 0.1) is 6.26 Å². The van der Waals surface area contributed by atoms with Crippen molar-refractivity contribution >= 4 is 17.5 Å². The van der Waals surface area contributed by atoms with Crippen molar-refractivity contribution in [1.82, 2.24) is 5.32 Å². The van der Waals surface area contributed by atoms with E-state index >= 15 is 0 Å². The SMILES string of the molecule is Cc1ccc(C(C(=O)NC2CCCCC2)N(C(=O)c2ccco2)c2ccc3c(c2)OCCO3)cc1. The number of nitrogens with zero attached hydrogens (tertiary/aromatic N) is 1. The van der Waals surface area contributed by atoms with E-state index in [9.17, 15) is 9.59 Å². The van der Waals surface area contributed by atoms with Crippen LogP contribution in [0.5, 0.6) is 11.5 Å². The van der Waals surface area contributed by atoms with Crippen molar-refractivity contribution in [2.24, 2.45) is 0 Å². The molecule has 0 spiro atoms. The molecule has 35 heavy (non-hydrogen) atoms. The maximum Gasteiger partial charge on any atom is 0.294 e. The number of rotatable bonds is 6. The van der Waals surface area contributed by atoms with Gasteiger partial charge in [-0.1, -0.05) is 49.1 Å². The number of ether oxygens (including phenoxy) is 2. The van der Waals surface area contributed by atoms with Crippen LogP contribution < -0.4 is 19.7 Å². The van der Waals surface area contributed by atoms with Crippen LogP contribution in [-0.4, -0.2) is 31.1 Å². The molecular formula is C28H30N2O5. The van der Waals surface area contributed by atoms with Gasteiger partial charge in [-0.3, -0.25) is 14.5 Å². The smallest absolute Gasteiger partial charge is 0.294 e. The van der Waals surface area contributed by atoms with E-state index in [4.69, 9.17) is 13.9 Å². The summed E-state index contributed by atoms with van der Waals surface area (Å²) in [4.78, 5) is 29.2. The van der Waals surface area contributed by atoms with Crippen LogP contribution in [-0.2, 0) is 4.79 Å². The van der Waals surface area contributed by atoms with E-state index in [0.717, 1.165) is 36.8 Å². The number of carbonyl (C=O) groups is 2. The summed E-state index contributed by atoms with van der Waals surface area (Å²) in [7, 11) is 0. The van der Waals surface area contributed by atoms with Crippen molar-refractivity contribution in [2.45, 2.75) is 51.1 Å². The van der Waals surface area contributed by atoms with Crippen molar-refractivity contribution in [2.75, 3.05) is 18.1 Å². The maximum atomic E-state index is 13.9. The minimum Gasteiger partial charge on any atom is -0.486 e. The Morgan fingerprint density at radius 1 is 0.943 bits per heavy atom. The van der Waals surface area contributed by atoms with E-state index in [-0.39, 0.29) is 17.7 Å². The highest BCUT2D eigenvalue weighted by Crippen LogP contribution is 2.38. The highest BCUT2D eigenvalue weighted by Gasteiger charge is 2.36. The van der Waals surface area contributed by atoms with Crippen LogP contribution >= 0.6 is 0 Å². The third-order valence-electron chi connectivity index (χ3n) is 6.61. The second-order valence-corrected chi connectivity index (χ2v) is 9.14. The second-order valence-electron chi connectivity index (χ2n) is 9.14. The van der Waals surface area contributed by atoms with Gasteiger partial charge in [0.1, 0.15) is 19.3 Å². The molecule has 1 saturated carbocycles. The van der Waals surface area contributed by atoms with Crippen molar-refractivity contribution in [3.05, 3.63) is 77.7 Å². The summed E-state index contributed by atoms with van der Waals surface area (Å²) in [6, 6.07) is 15.5. The summed E-state index contributed by atoms with van der Waals surface area (Å²) in [6.45, 7) is 2.89. The number of nitrogens with one attached hydrogen (secondary N) is 1. The number of hydrogen-bond donors (Lipinski definition) is 1. The van der Waals surface area contributed by atoms with Crippen LogP contribution in [0.1, 0.15) is 59.8 Å². The Labute approximate surface area is 205 Å². The van der Waals surface area contributed by atoms with Crippen LogP contribution in [0.25, 0.3) is 0 Å². The monoisotopic (exact) mass is 474 g/mol. The van der Waals surface area contributed by atoms with Crippen LogP contribution in [0.15, 0.2) is 65.3 Å². The molecule has 5 rings (SSSR count). The number of hydrogen-bond acceptors (Lipinski definition) is 5. The number of benzene rings is 2. The van der Waals surface area contributed by atoms with Gasteiger partial charge in [0.15, 0.2) is 17.3 Å². The maximum absolute atomic E-state index is 13.9. The molecule has 1 aliphatic carbocycles. The molecule has 2 heterocycles. The number of carbonyl (C=O) groups excluding carboxylic acids is 2. The summed E-state index contributed by atoms with van der Waals surface area (Å²) >= 11 is 0. The molecule has 2 amide bonds. The molecule has 0 bridgehead atoms. The molecule has 2 aliphatic rings. The lowest BCUT2D eigenvalue weighted by Gasteiger charge is -2.33. The predicted octanol–water partition coefficient (Wildman–Crippen LogP) is 5.20. The Balaban J connectivity index is 1.59. The van der Waals surface area contributed by atoms with E-state index in [1.165, 1.54) is 17.6 Å². The zero-order valence-corrected chi connectivity index (χ0v) is 19.9. The van der Waals surface area contributed by atoms with E-state index in [2.05, 4.69) is 5.32 Å². The Hall–Kier alpha value is -3.74. The number of amides is 2. The van der Waals surface area contributed by atoms with E-state index in [1.54, 1.807) is 30.3 Å². The summed E-state index contributed by atoms with van der Waals surface area (Å²) in [5, 5.41) is 3.23. The topological polar surface area (TPSA) is 81.0 Å². The average Bonchev–Trinajstić information content (AvgIpc) is 3.43. The Kier molecular flexibility index (Phi) is 6.75. The van der Waals surface area contributed by atoms with Gasteiger partial charge in [0.2, 0.25) is 5.91 Å². The molecule has 7 heteroatoms. The molecule has 0 saturated heterocycles. The predicted molar refractivity (Wildman–Crippen MR) is 132 cm³/mol. The quantitative estimate of drug-likeness (QED) is 0.531. The molecule has 0 radical (unpaired) electrons. The van der Waals surface area contributed by atoms with Crippen molar-refractivity contribution in [3.8, 4) is 11.5 Å². The molecule has 1 aromatic heterocycles. The Morgan fingerprint density at radius 2 is 1.69 bits per heavy atom. The standard InChI is InChI=1S/C28H30N2O5/c1-19-9-11-20(12-10-19)26(27(31)29-21-6-3-2-4-7-21)30(28(32)24-8-5-15-33-24)22-13-14-23-25(18-22)35-17-16-34-23/h5,8-15,18,21,26H,2-4,6-7,16-17H2,1H3,(H,29,31). The highest BCUT2D eigenvalue weighted by atomic mass is 16.6. The molecule has 1 fully saturated rings. The molecule has 1 N–H and O–H groups in total. The molecule has 1 aliphatic heterocycles. The summed E-state index contributed by atoms with van der Waals surface area (Å²) in [5.74, 6) is 0.694. The Bertz CT molecular complexity index is 1170. The third-order valence-corrected chi connectivity index (χ3v) is 6.61. The lowest BCUT2D eigenvalue weighted by Crippen LogP contribution is -2.47. The molecule has 1 unspecified atom stereocenters. The normalized spacial score (nSPS) is 16.4. The minimum atomic E-state index is -0.891. The van der Waals surface area contributed by atoms with Gasteiger partial charge < -0.3 is 19.2 Å². The molecule has 3 aromatic rings. The first-order valence-electron chi connectivity index (χ1n) is 12.2. The highest BCUT2D eigenvalue weighted by molar-refractivity contribution is 6.08. The number of fused-ring (bicyclic) bond motifs is 1. The molecule has 182 valence electrons. The van der Waals surface area contributed by atoms with Crippen molar-refractivity contribution < 1.29 is 23.5 Å².